The van der Waals surface area contributed by atoms with Crippen molar-refractivity contribution in [3.8, 4) is 0 Å². The van der Waals surface area contributed by atoms with E-state index in [0.29, 0.717) is 18.8 Å². The summed E-state index contributed by atoms with van der Waals surface area (Å²) in [5, 5.41) is 5.40. The molecule has 0 rings (SSSR count). The minimum atomic E-state index is -0.471. The third-order valence-corrected chi connectivity index (χ3v) is 2.82. The van der Waals surface area contributed by atoms with Gasteiger partial charge in [-0.25, -0.2) is 0 Å². The standard InChI is InChI=1S/C15H29N2O2/c1-10(2)8-12(14(19)16-7)17-13(18)11(3)9-15(4,5)6/h10-12H,3,8-9H2,1-2,4-7H3,(H,16,19)(H,17,18)/t11-,12-/m0/s1. The van der Waals surface area contributed by atoms with Crippen LogP contribution in [0.3, 0.4) is 0 Å². The average molecular weight is 269 g/mol. The van der Waals surface area contributed by atoms with Crippen LogP contribution in [0.4, 0.5) is 0 Å². The maximum absolute atomic E-state index is 12.1. The summed E-state index contributed by atoms with van der Waals surface area (Å²) in [6.07, 6.45) is 1.33. The maximum Gasteiger partial charge on any atom is 0.242 e. The Hall–Kier alpha value is -1.06. The predicted molar refractivity (Wildman–Crippen MR) is 78.4 cm³/mol. The smallest absolute Gasteiger partial charge is 0.242 e. The number of amides is 2. The number of hydrogen-bond acceptors (Lipinski definition) is 2. The van der Waals surface area contributed by atoms with E-state index in [2.05, 4.69) is 38.3 Å². The number of carbonyl (C=O) groups excluding carboxylic acids is 2. The molecule has 0 aliphatic carbocycles. The van der Waals surface area contributed by atoms with E-state index in [1.165, 1.54) is 0 Å². The fourth-order valence-corrected chi connectivity index (χ4v) is 2.00. The Balaban J connectivity index is 4.58. The number of rotatable bonds is 6. The topological polar surface area (TPSA) is 58.2 Å². The summed E-state index contributed by atoms with van der Waals surface area (Å²) in [6, 6.07) is -0.471. The average Bonchev–Trinajstić information content (AvgIpc) is 2.23. The first-order valence-corrected chi connectivity index (χ1v) is 6.92. The van der Waals surface area contributed by atoms with Crippen LogP contribution in [0.2, 0.25) is 0 Å². The second kappa shape index (κ2) is 7.51. The molecule has 0 aliphatic heterocycles. The number of carbonyl (C=O) groups is 2. The summed E-state index contributed by atoms with van der Waals surface area (Å²) in [4.78, 5) is 23.8. The number of hydrogen-bond donors (Lipinski definition) is 2. The van der Waals surface area contributed by atoms with Gasteiger partial charge >= 0.3 is 0 Å². The van der Waals surface area contributed by atoms with Crippen molar-refractivity contribution in [2.75, 3.05) is 7.05 Å². The van der Waals surface area contributed by atoms with E-state index in [1.807, 2.05) is 13.8 Å². The lowest BCUT2D eigenvalue weighted by molar-refractivity contribution is -0.131. The Kier molecular flexibility index (Phi) is 7.09. The highest BCUT2D eigenvalue weighted by molar-refractivity contribution is 5.88. The third-order valence-electron chi connectivity index (χ3n) is 2.82. The van der Waals surface area contributed by atoms with E-state index in [-0.39, 0.29) is 23.1 Å². The van der Waals surface area contributed by atoms with Gasteiger partial charge in [0.15, 0.2) is 0 Å². The molecule has 0 spiro atoms. The lowest BCUT2D eigenvalue weighted by Gasteiger charge is -2.25. The van der Waals surface area contributed by atoms with Crippen molar-refractivity contribution in [2.24, 2.45) is 17.3 Å². The molecule has 0 heterocycles. The Morgan fingerprint density at radius 3 is 2.05 bits per heavy atom. The molecule has 2 amide bonds. The second-order valence-corrected chi connectivity index (χ2v) is 6.77. The van der Waals surface area contributed by atoms with Crippen molar-refractivity contribution < 1.29 is 9.59 Å². The molecule has 0 bridgehead atoms. The van der Waals surface area contributed by atoms with Gasteiger partial charge in [0, 0.05) is 13.0 Å². The van der Waals surface area contributed by atoms with Crippen molar-refractivity contribution in [1.29, 1.82) is 0 Å². The third kappa shape index (κ3) is 7.85. The SMILES string of the molecule is [CH2][C@@H](CC(C)(C)C)C(=O)N[C@@H](CC(C)C)C(=O)NC. The fraction of sp³-hybridized carbons (Fsp3) is 0.800. The summed E-state index contributed by atoms with van der Waals surface area (Å²) in [7, 11) is 1.58. The molecule has 0 aliphatic rings. The molecular formula is C15H29N2O2. The Morgan fingerprint density at radius 2 is 1.68 bits per heavy atom. The van der Waals surface area contributed by atoms with Crippen LogP contribution in [0.15, 0.2) is 0 Å². The van der Waals surface area contributed by atoms with Crippen molar-refractivity contribution >= 4 is 11.8 Å². The van der Waals surface area contributed by atoms with Gasteiger partial charge < -0.3 is 10.6 Å². The minimum absolute atomic E-state index is 0.0459. The van der Waals surface area contributed by atoms with Crippen LogP contribution in [-0.4, -0.2) is 24.9 Å². The summed E-state index contributed by atoms with van der Waals surface area (Å²) in [5.74, 6) is -0.290. The first-order chi connectivity index (χ1) is 8.56. The van der Waals surface area contributed by atoms with E-state index < -0.39 is 6.04 Å². The summed E-state index contributed by atoms with van der Waals surface area (Å²) < 4.78 is 0. The highest BCUT2D eigenvalue weighted by atomic mass is 16.2. The van der Waals surface area contributed by atoms with E-state index in [1.54, 1.807) is 7.05 Å². The molecule has 0 aromatic carbocycles. The first-order valence-electron chi connectivity index (χ1n) is 6.92. The zero-order chi connectivity index (χ0) is 15.2. The van der Waals surface area contributed by atoms with Crippen molar-refractivity contribution in [2.45, 2.75) is 53.5 Å². The quantitative estimate of drug-likeness (QED) is 0.776. The van der Waals surface area contributed by atoms with Crippen LogP contribution in [0, 0.1) is 24.2 Å². The first kappa shape index (κ1) is 17.9. The van der Waals surface area contributed by atoms with Crippen molar-refractivity contribution in [1.82, 2.24) is 10.6 Å². The second-order valence-electron chi connectivity index (χ2n) is 6.77. The molecule has 0 fully saturated rings. The minimum Gasteiger partial charge on any atom is -0.357 e. The van der Waals surface area contributed by atoms with Gasteiger partial charge in [-0.2, -0.15) is 0 Å². The number of nitrogens with one attached hydrogen (secondary N) is 2. The molecule has 2 atom stereocenters. The van der Waals surface area contributed by atoms with Gasteiger partial charge in [0.2, 0.25) is 11.8 Å². The zero-order valence-electron chi connectivity index (χ0n) is 13.2. The molecule has 4 heteroatoms. The van der Waals surface area contributed by atoms with E-state index in [0.717, 1.165) is 0 Å². The lowest BCUT2D eigenvalue weighted by Crippen LogP contribution is -2.48. The number of likely N-dealkylation sites (N-methyl/N-ethyl adjacent to an activating group) is 1. The highest BCUT2D eigenvalue weighted by Gasteiger charge is 2.26. The lowest BCUT2D eigenvalue weighted by atomic mass is 9.85. The largest absolute Gasteiger partial charge is 0.357 e. The molecular weight excluding hydrogens is 240 g/mol. The summed E-state index contributed by atoms with van der Waals surface area (Å²) >= 11 is 0. The molecule has 0 saturated carbocycles. The van der Waals surface area contributed by atoms with Crippen LogP contribution in [-0.2, 0) is 9.59 Å². The normalized spacial score (nSPS) is 14.9. The van der Waals surface area contributed by atoms with Crippen LogP contribution < -0.4 is 10.6 Å². The van der Waals surface area contributed by atoms with Gasteiger partial charge in [0.1, 0.15) is 6.04 Å². The monoisotopic (exact) mass is 269 g/mol. The molecule has 1 radical (unpaired) electrons. The van der Waals surface area contributed by atoms with Crippen molar-refractivity contribution in [3.05, 3.63) is 6.92 Å². The summed E-state index contributed by atoms with van der Waals surface area (Å²) in [6.45, 7) is 14.2. The Bertz CT molecular complexity index is 306. The molecule has 0 aromatic heterocycles. The molecule has 4 nitrogen and oxygen atoms in total. The highest BCUT2D eigenvalue weighted by Crippen LogP contribution is 2.24. The summed E-state index contributed by atoms with van der Waals surface area (Å²) in [5.41, 5.74) is 0.0459. The molecule has 2 N–H and O–H groups in total. The van der Waals surface area contributed by atoms with Crippen LogP contribution in [0.1, 0.15) is 47.5 Å². The van der Waals surface area contributed by atoms with Gasteiger partial charge in [-0.3, -0.25) is 9.59 Å². The molecule has 0 saturated heterocycles. The van der Waals surface area contributed by atoms with Crippen LogP contribution in [0.5, 0.6) is 0 Å². The van der Waals surface area contributed by atoms with Crippen LogP contribution in [0.25, 0.3) is 0 Å². The van der Waals surface area contributed by atoms with Crippen LogP contribution >= 0.6 is 0 Å². The zero-order valence-corrected chi connectivity index (χ0v) is 13.2. The molecule has 19 heavy (non-hydrogen) atoms. The molecule has 0 unspecified atom stereocenters. The van der Waals surface area contributed by atoms with Gasteiger partial charge in [0.05, 0.1) is 0 Å². The Morgan fingerprint density at radius 1 is 1.16 bits per heavy atom. The Labute approximate surface area is 117 Å². The van der Waals surface area contributed by atoms with E-state index >= 15 is 0 Å². The van der Waals surface area contributed by atoms with Gasteiger partial charge in [0.25, 0.3) is 0 Å². The predicted octanol–water partition coefficient (Wildman–Crippen LogP) is 2.15. The van der Waals surface area contributed by atoms with E-state index in [4.69, 9.17) is 0 Å². The van der Waals surface area contributed by atoms with Gasteiger partial charge in [-0.05, 0) is 31.1 Å². The molecule has 111 valence electrons. The molecule has 0 aromatic rings. The van der Waals surface area contributed by atoms with Gasteiger partial charge in [-0.15, -0.1) is 0 Å². The maximum atomic E-state index is 12.1. The fourth-order valence-electron chi connectivity index (χ4n) is 2.00. The van der Waals surface area contributed by atoms with E-state index in [9.17, 15) is 9.59 Å². The van der Waals surface area contributed by atoms with Crippen molar-refractivity contribution in [3.63, 3.8) is 0 Å². The van der Waals surface area contributed by atoms with Gasteiger partial charge in [-0.1, -0.05) is 34.6 Å².